The Kier molecular flexibility index (Phi) is 7.94. The first-order valence-corrected chi connectivity index (χ1v) is 11.2. The van der Waals surface area contributed by atoms with Crippen LogP contribution >= 0.6 is 15.9 Å². The summed E-state index contributed by atoms with van der Waals surface area (Å²) in [5.41, 5.74) is 7.28. The second-order valence-corrected chi connectivity index (χ2v) is 8.08. The number of nitrogens with zero attached hydrogens (tertiary/aromatic N) is 2. The van der Waals surface area contributed by atoms with Gasteiger partial charge in [-0.15, -0.1) is 0 Å². The summed E-state index contributed by atoms with van der Waals surface area (Å²) in [4.78, 5) is 39.6. The first-order valence-electron chi connectivity index (χ1n) is 10.4. The van der Waals surface area contributed by atoms with Crippen LogP contribution in [0.3, 0.4) is 0 Å². The van der Waals surface area contributed by atoms with Crippen LogP contribution in [0.15, 0.2) is 75.7 Å². The number of nitriles is 1. The summed E-state index contributed by atoms with van der Waals surface area (Å²) in [6.45, 7) is 1.89. The van der Waals surface area contributed by atoms with Crippen LogP contribution in [0.2, 0.25) is 0 Å². The molecular formula is C25H22BrN3O6. The van der Waals surface area contributed by atoms with Gasteiger partial charge in [0.1, 0.15) is 11.5 Å². The molecule has 0 spiro atoms. The van der Waals surface area contributed by atoms with Crippen LogP contribution in [0.5, 0.6) is 0 Å². The summed E-state index contributed by atoms with van der Waals surface area (Å²) >= 11 is 3.40. The third kappa shape index (κ3) is 4.76. The predicted molar refractivity (Wildman–Crippen MR) is 130 cm³/mol. The molecule has 1 aliphatic rings. The molecule has 2 N–H and O–H groups in total. The van der Waals surface area contributed by atoms with Crippen LogP contribution in [-0.2, 0) is 23.8 Å². The topological polar surface area (TPSA) is 132 Å². The molecule has 0 bridgehead atoms. The largest absolute Gasteiger partial charge is 0.466 e. The van der Waals surface area contributed by atoms with Crippen molar-refractivity contribution in [3.05, 3.63) is 86.8 Å². The number of allylic oxidation sites excluding steroid dienone is 1. The van der Waals surface area contributed by atoms with E-state index in [9.17, 15) is 19.6 Å². The van der Waals surface area contributed by atoms with Gasteiger partial charge in [0.05, 0.1) is 55.2 Å². The monoisotopic (exact) mass is 539 g/mol. The van der Waals surface area contributed by atoms with Crippen molar-refractivity contribution in [2.75, 3.05) is 25.7 Å². The van der Waals surface area contributed by atoms with E-state index in [-0.39, 0.29) is 40.5 Å². The van der Waals surface area contributed by atoms with E-state index in [2.05, 4.69) is 22.0 Å². The Morgan fingerprint density at radius 3 is 2.26 bits per heavy atom. The molecule has 0 amide bonds. The first-order chi connectivity index (χ1) is 16.8. The zero-order valence-corrected chi connectivity index (χ0v) is 20.8. The van der Waals surface area contributed by atoms with Crippen LogP contribution in [0.4, 0.5) is 5.69 Å². The van der Waals surface area contributed by atoms with Crippen molar-refractivity contribution in [3.63, 3.8) is 0 Å². The van der Waals surface area contributed by atoms with Crippen LogP contribution in [0.25, 0.3) is 0 Å². The standard InChI is InChI=1S/C25H22BrN3O6/c1-4-35-23(30)15-10-11-18(17(26)12-15)29-21(25(32)34-3)20(24(31)33-2)19(16(13-27)22(29)28)14-8-6-5-7-9-14/h5-12,19H,4,28H2,1-3H3. The number of carbonyl (C=O) groups is 3. The highest BCUT2D eigenvalue weighted by molar-refractivity contribution is 9.10. The number of hydrogen-bond donors (Lipinski definition) is 1. The molecule has 2 aromatic carbocycles. The Morgan fingerprint density at radius 2 is 1.71 bits per heavy atom. The molecule has 0 aliphatic carbocycles. The fourth-order valence-corrected chi connectivity index (χ4v) is 4.35. The average Bonchev–Trinajstić information content (AvgIpc) is 2.87. The van der Waals surface area contributed by atoms with E-state index >= 15 is 0 Å². The van der Waals surface area contributed by atoms with Crippen LogP contribution in [-0.4, -0.2) is 38.7 Å². The van der Waals surface area contributed by atoms with Gasteiger partial charge in [0, 0.05) is 4.47 Å². The predicted octanol–water partition coefficient (Wildman–Crippen LogP) is 3.52. The minimum Gasteiger partial charge on any atom is -0.466 e. The molecule has 0 saturated heterocycles. The van der Waals surface area contributed by atoms with Crippen molar-refractivity contribution in [3.8, 4) is 6.07 Å². The average molecular weight is 540 g/mol. The van der Waals surface area contributed by atoms with Crippen molar-refractivity contribution < 1.29 is 28.6 Å². The van der Waals surface area contributed by atoms with E-state index in [1.807, 2.05) is 0 Å². The second kappa shape index (κ2) is 10.9. The maximum absolute atomic E-state index is 13.1. The third-order valence-electron chi connectivity index (χ3n) is 5.31. The van der Waals surface area contributed by atoms with E-state index in [4.69, 9.17) is 19.9 Å². The summed E-state index contributed by atoms with van der Waals surface area (Å²) in [6.07, 6.45) is 0. The van der Waals surface area contributed by atoms with E-state index in [0.717, 1.165) is 0 Å². The molecular weight excluding hydrogens is 518 g/mol. The number of methoxy groups -OCH3 is 2. The molecule has 2 aromatic rings. The lowest BCUT2D eigenvalue weighted by molar-refractivity contribution is -0.139. The number of rotatable bonds is 6. The van der Waals surface area contributed by atoms with E-state index < -0.39 is 23.8 Å². The van der Waals surface area contributed by atoms with Crippen LogP contribution in [0, 0.1) is 11.3 Å². The number of benzene rings is 2. The normalized spacial score (nSPS) is 15.4. The number of anilines is 1. The molecule has 1 atom stereocenters. The fourth-order valence-electron chi connectivity index (χ4n) is 3.79. The second-order valence-electron chi connectivity index (χ2n) is 7.22. The van der Waals surface area contributed by atoms with Gasteiger partial charge in [-0.05, 0) is 46.6 Å². The van der Waals surface area contributed by atoms with Crippen molar-refractivity contribution in [1.82, 2.24) is 0 Å². The Labute approximate surface area is 210 Å². The Balaban J connectivity index is 2.35. The van der Waals surface area contributed by atoms with Gasteiger partial charge >= 0.3 is 17.9 Å². The van der Waals surface area contributed by atoms with Crippen molar-refractivity contribution >= 4 is 39.5 Å². The molecule has 35 heavy (non-hydrogen) atoms. The summed E-state index contributed by atoms with van der Waals surface area (Å²) < 4.78 is 15.4. The first kappa shape index (κ1) is 25.5. The quantitative estimate of drug-likeness (QED) is 0.432. The number of halogens is 1. The molecule has 0 radical (unpaired) electrons. The number of nitrogens with two attached hydrogens (primary N) is 1. The molecule has 1 aliphatic heterocycles. The number of hydrogen-bond acceptors (Lipinski definition) is 9. The molecule has 0 saturated carbocycles. The highest BCUT2D eigenvalue weighted by Gasteiger charge is 2.43. The molecule has 1 unspecified atom stereocenters. The molecule has 0 aromatic heterocycles. The summed E-state index contributed by atoms with van der Waals surface area (Å²) in [6, 6.07) is 15.3. The van der Waals surface area contributed by atoms with Crippen molar-refractivity contribution in [2.24, 2.45) is 5.73 Å². The lowest BCUT2D eigenvalue weighted by Gasteiger charge is -2.36. The molecule has 1 heterocycles. The fraction of sp³-hybridized carbons (Fsp3) is 0.200. The van der Waals surface area contributed by atoms with Gasteiger partial charge in [-0.25, -0.2) is 14.4 Å². The van der Waals surface area contributed by atoms with Crippen LogP contribution in [0.1, 0.15) is 28.8 Å². The lowest BCUT2D eigenvalue weighted by Crippen LogP contribution is -2.41. The summed E-state index contributed by atoms with van der Waals surface area (Å²) in [5, 5.41) is 10.1. The zero-order chi connectivity index (χ0) is 25.7. The maximum atomic E-state index is 13.1. The SMILES string of the molecule is CCOC(=O)c1ccc(N2C(N)=C(C#N)C(c3ccccc3)C(C(=O)OC)=C2C(=O)OC)c(Br)c1. The van der Waals surface area contributed by atoms with Gasteiger partial charge < -0.3 is 19.9 Å². The highest BCUT2D eigenvalue weighted by atomic mass is 79.9. The van der Waals surface area contributed by atoms with Gasteiger partial charge in [-0.3, -0.25) is 4.90 Å². The summed E-state index contributed by atoms with van der Waals surface area (Å²) in [7, 11) is 2.34. The highest BCUT2D eigenvalue weighted by Crippen LogP contribution is 2.44. The smallest absolute Gasteiger partial charge is 0.355 e. The minimum atomic E-state index is -0.975. The van der Waals surface area contributed by atoms with Crippen LogP contribution < -0.4 is 10.6 Å². The number of ether oxygens (including phenoxy) is 3. The molecule has 3 rings (SSSR count). The number of carbonyl (C=O) groups excluding carboxylic acids is 3. The zero-order valence-electron chi connectivity index (χ0n) is 19.2. The van der Waals surface area contributed by atoms with Gasteiger partial charge in [-0.1, -0.05) is 30.3 Å². The lowest BCUT2D eigenvalue weighted by atomic mass is 9.81. The molecule has 10 heteroatoms. The van der Waals surface area contributed by atoms with E-state index in [1.165, 1.54) is 37.3 Å². The van der Waals surface area contributed by atoms with Gasteiger partial charge in [0.15, 0.2) is 0 Å². The Hall–Kier alpha value is -4.10. The van der Waals surface area contributed by atoms with Crippen molar-refractivity contribution in [2.45, 2.75) is 12.8 Å². The summed E-state index contributed by atoms with van der Waals surface area (Å²) in [5.74, 6) is -3.30. The van der Waals surface area contributed by atoms with E-state index in [0.29, 0.717) is 10.0 Å². The molecule has 0 fully saturated rings. The maximum Gasteiger partial charge on any atom is 0.355 e. The van der Waals surface area contributed by atoms with Gasteiger partial charge in [0.25, 0.3) is 0 Å². The van der Waals surface area contributed by atoms with E-state index in [1.54, 1.807) is 37.3 Å². The van der Waals surface area contributed by atoms with Gasteiger partial charge in [-0.2, -0.15) is 5.26 Å². The molecule has 9 nitrogen and oxygen atoms in total. The third-order valence-corrected chi connectivity index (χ3v) is 5.95. The Bertz CT molecular complexity index is 1280. The Morgan fingerprint density at radius 1 is 1.06 bits per heavy atom. The van der Waals surface area contributed by atoms with Gasteiger partial charge in [0.2, 0.25) is 0 Å². The minimum absolute atomic E-state index is 0.0330. The molecule has 180 valence electrons. The number of esters is 3. The van der Waals surface area contributed by atoms with Crippen molar-refractivity contribution in [1.29, 1.82) is 5.26 Å².